The summed E-state index contributed by atoms with van der Waals surface area (Å²) in [5.41, 5.74) is -0.652. The number of carbonyl (C=O) groups excluding carboxylic acids is 1. The molecule has 0 heterocycles. The Balaban J connectivity index is 1.30. The first-order valence-corrected chi connectivity index (χ1v) is 24.7. The van der Waals surface area contributed by atoms with Gasteiger partial charge in [0.2, 0.25) is 0 Å². The van der Waals surface area contributed by atoms with E-state index in [1.54, 1.807) is 0 Å². The van der Waals surface area contributed by atoms with E-state index in [2.05, 4.69) is 21.3 Å². The predicted octanol–water partition coefficient (Wildman–Crippen LogP) is 2.55. The minimum Gasteiger partial charge on any atom is -0.744 e. The van der Waals surface area contributed by atoms with Gasteiger partial charge in [-0.05, 0) is 84.9 Å². The van der Waals surface area contributed by atoms with Gasteiger partial charge >= 0.3 is 6.03 Å². The van der Waals surface area contributed by atoms with Crippen LogP contribution < -0.4 is 21.3 Å². The zero-order valence-corrected chi connectivity index (χ0v) is 34.8. The third-order valence-corrected chi connectivity index (χ3v) is 13.6. The second-order valence-electron chi connectivity index (χ2n) is 12.6. The van der Waals surface area contributed by atoms with Crippen molar-refractivity contribution in [2.24, 2.45) is 0 Å². The van der Waals surface area contributed by atoms with Crippen molar-refractivity contribution in [2.45, 2.75) is 29.4 Å². The largest absolute Gasteiger partial charge is 0.744 e. The molecule has 0 aliphatic heterocycles. The molecule has 6 rings (SSSR count). The summed E-state index contributed by atoms with van der Waals surface area (Å²) in [6.45, 7) is 0. The van der Waals surface area contributed by atoms with Crippen molar-refractivity contribution in [3.8, 4) is 0 Å². The minimum absolute atomic E-state index is 0.0188. The molecule has 0 aliphatic carbocycles. The van der Waals surface area contributed by atoms with Gasteiger partial charge in [-0.25, -0.2) is 55.3 Å². The van der Waals surface area contributed by atoms with Gasteiger partial charge in [0.15, 0.2) is 0 Å². The molecule has 0 saturated heterocycles. The van der Waals surface area contributed by atoms with Crippen LogP contribution in [0.25, 0.3) is 21.5 Å². The molecule has 0 fully saturated rings. The second-order valence-corrected chi connectivity index (χ2v) is 20.8. The summed E-state index contributed by atoms with van der Waals surface area (Å²) in [7, 11) is -33.2. The van der Waals surface area contributed by atoms with Gasteiger partial charge in [0.25, 0.3) is 0 Å². The number of nitrogens with one attached hydrogen (secondary N) is 4. The smallest absolute Gasteiger partial charge is 0.323 e. The molecule has 4 N–H and O–H groups in total. The molecule has 6 aromatic rings. The second kappa shape index (κ2) is 15.8. The van der Waals surface area contributed by atoms with Gasteiger partial charge in [-0.15, -0.1) is 0 Å². The van der Waals surface area contributed by atoms with E-state index in [1.807, 2.05) is 0 Å². The van der Waals surface area contributed by atoms with Crippen molar-refractivity contribution in [2.75, 3.05) is 21.3 Å². The minimum atomic E-state index is -5.66. The summed E-state index contributed by atoms with van der Waals surface area (Å²) < 4.78 is 216. The van der Waals surface area contributed by atoms with Gasteiger partial charge in [-0.3, -0.25) is 0 Å². The molecule has 62 heavy (non-hydrogen) atoms. The molecular weight excluding hydrogens is 949 g/mol. The molecule has 2 amide bonds. The highest BCUT2D eigenvalue weighted by Crippen LogP contribution is 2.40. The first kappa shape index (κ1) is 45.7. The normalized spacial score (nSPS) is 12.9. The summed E-state index contributed by atoms with van der Waals surface area (Å²) in [6, 6.07) is 14.0. The van der Waals surface area contributed by atoms with Crippen molar-refractivity contribution in [3.05, 3.63) is 97.1 Å². The van der Waals surface area contributed by atoms with Crippen LogP contribution >= 0.6 is 0 Å². The number of rotatable bonds is 12. The van der Waals surface area contributed by atoms with Gasteiger partial charge in [0.1, 0.15) is 60.7 Å². The molecule has 29 heteroatoms. The van der Waals surface area contributed by atoms with Crippen LogP contribution in [0.2, 0.25) is 0 Å². The molecule has 0 spiro atoms. The summed E-state index contributed by atoms with van der Waals surface area (Å²) in [4.78, 5) is 5.41. The van der Waals surface area contributed by atoms with Crippen LogP contribution in [-0.4, -0.2) is 83.9 Å². The fourth-order valence-electron chi connectivity index (χ4n) is 6.07. The van der Waals surface area contributed by atoms with Gasteiger partial charge in [-0.1, -0.05) is 12.1 Å². The van der Waals surface area contributed by atoms with Crippen molar-refractivity contribution < 1.29 is 82.6 Å². The number of urea groups is 1. The molecule has 23 nitrogen and oxygen atoms in total. The molecule has 0 radical (unpaired) electrons. The van der Waals surface area contributed by atoms with Gasteiger partial charge in [0, 0.05) is 55.7 Å². The van der Waals surface area contributed by atoms with Crippen molar-refractivity contribution in [3.63, 3.8) is 0 Å². The lowest BCUT2D eigenvalue weighted by Gasteiger charge is -2.21. The van der Waals surface area contributed by atoms with Crippen LogP contribution in [0, 0.1) is 0 Å². The van der Waals surface area contributed by atoms with Crippen molar-refractivity contribution in [1.29, 1.82) is 0 Å². The number of anilines is 6. The lowest BCUT2D eigenvalue weighted by Crippen LogP contribution is -2.19. The molecule has 0 unspecified atom stereocenters. The fourth-order valence-corrected chi connectivity index (χ4v) is 10.1. The average Bonchev–Trinajstić information content (AvgIpc) is 3.11. The van der Waals surface area contributed by atoms with Crippen LogP contribution in [0.15, 0.2) is 126 Å². The highest BCUT2D eigenvalue weighted by molar-refractivity contribution is 7.87. The lowest BCUT2D eigenvalue weighted by atomic mass is 10.1. The van der Waals surface area contributed by atoms with Crippen LogP contribution in [0.1, 0.15) is 0 Å². The van der Waals surface area contributed by atoms with Gasteiger partial charge < -0.3 is 48.6 Å². The first-order valence-electron chi connectivity index (χ1n) is 16.2. The average molecular weight is 969 g/mol. The third-order valence-electron chi connectivity index (χ3n) is 8.48. The van der Waals surface area contributed by atoms with Crippen LogP contribution in [-0.2, 0) is 60.7 Å². The van der Waals surface area contributed by atoms with E-state index >= 15 is 0 Å². The molecule has 0 aliphatic rings. The topological polar surface area (TPSA) is 408 Å². The van der Waals surface area contributed by atoms with Crippen molar-refractivity contribution in [1.82, 2.24) is 0 Å². The molecule has 328 valence electrons. The Bertz CT molecular complexity index is 3370. The summed E-state index contributed by atoms with van der Waals surface area (Å²) >= 11 is 0. The number of amides is 2. The molecule has 0 bridgehead atoms. The number of fused-ring (bicyclic) bond motifs is 2. The maximum atomic E-state index is 13.1. The maximum Gasteiger partial charge on any atom is 0.323 e. The maximum absolute atomic E-state index is 13.1. The Morgan fingerprint density at radius 2 is 0.694 bits per heavy atom. The summed E-state index contributed by atoms with van der Waals surface area (Å²) in [5, 5.41) is 6.96. The Kier molecular flexibility index (Phi) is 11.7. The monoisotopic (exact) mass is 968 g/mol. The third kappa shape index (κ3) is 9.93. The lowest BCUT2D eigenvalue weighted by molar-refractivity contribution is 0.262. The zero-order chi connectivity index (χ0) is 46.0. The van der Waals surface area contributed by atoms with Crippen molar-refractivity contribution >= 4 is 122 Å². The molecule has 0 atom stereocenters. The Labute approximate surface area is 350 Å². The van der Waals surface area contributed by atoms with E-state index in [4.69, 9.17) is 0 Å². The Morgan fingerprint density at radius 1 is 0.371 bits per heavy atom. The van der Waals surface area contributed by atoms with Crippen LogP contribution in [0.3, 0.4) is 0 Å². The molecule has 6 aromatic carbocycles. The van der Waals surface area contributed by atoms with E-state index in [-0.39, 0.29) is 46.3 Å². The highest BCUT2D eigenvalue weighted by atomic mass is 32.2. The van der Waals surface area contributed by atoms with Gasteiger partial charge in [0.05, 0.1) is 29.4 Å². The number of carbonyl (C=O) groups is 1. The Morgan fingerprint density at radius 3 is 1.00 bits per heavy atom. The quantitative estimate of drug-likeness (QED) is 0.128. The standard InChI is InChI=1S/C33H26N4O19S6/c38-33(36-19-5-1-3-17(11-19)34-25-7-9-27(59(45,46)47)23-13-21(57(39,40)41)15-29(31(23)25)61(51,52)53)37-20-6-2-4-18(12-20)35-26-8-10-28(60(48,49)50)24-14-22(58(42,43)44)16-30(32(24)26)62(54,55)56/h1-16,34-35H,(H2,36,37,38)(H,39,40,41)(H,42,43,44)(H,45,46,47)(H,48,49,50)(H,51,52,53)(H,54,55,56)/p-6. The summed E-state index contributed by atoms with van der Waals surface area (Å²) in [6.07, 6.45) is 0. The van der Waals surface area contributed by atoms with Crippen LogP contribution in [0.4, 0.5) is 38.9 Å². The Hall–Kier alpha value is -5.83. The van der Waals surface area contributed by atoms with E-state index in [1.165, 1.54) is 48.5 Å². The molecule has 0 aromatic heterocycles. The van der Waals surface area contributed by atoms with Crippen LogP contribution in [0.5, 0.6) is 0 Å². The number of benzene rings is 6. The summed E-state index contributed by atoms with van der Waals surface area (Å²) in [5.74, 6) is 0. The molecule has 0 saturated carbocycles. The van der Waals surface area contributed by atoms with E-state index < -0.39 is 118 Å². The number of hydrogen-bond acceptors (Lipinski definition) is 21. The van der Waals surface area contributed by atoms with Gasteiger partial charge in [-0.2, -0.15) is 0 Å². The van der Waals surface area contributed by atoms with E-state index in [0.717, 1.165) is 12.1 Å². The molecular formula is C33H20N4O19S6-6. The fraction of sp³-hybridized carbons (Fsp3) is 0. The SMILES string of the molecule is O=C(Nc1cccc(Nc2ccc(S(=O)(=O)[O-])c3cc(S(=O)(=O)[O-])cc(S(=O)(=O)[O-])c23)c1)Nc1cccc(Nc2ccc(S(=O)(=O)[O-])c3cc(S(=O)(=O)[O-])cc(S(=O)(=O)[O-])c23)c1. The van der Waals surface area contributed by atoms with E-state index in [9.17, 15) is 82.6 Å². The zero-order valence-electron chi connectivity index (χ0n) is 29.9. The predicted molar refractivity (Wildman–Crippen MR) is 208 cm³/mol. The van der Waals surface area contributed by atoms with E-state index in [0.29, 0.717) is 24.3 Å². The highest BCUT2D eigenvalue weighted by Gasteiger charge is 2.23. The number of hydrogen-bond donors (Lipinski definition) is 4. The first-order chi connectivity index (χ1) is 28.4.